The summed E-state index contributed by atoms with van der Waals surface area (Å²) in [4.78, 5) is 0. The van der Waals surface area contributed by atoms with Crippen molar-refractivity contribution in [3.05, 3.63) is 0 Å². The minimum absolute atomic E-state index is 0.136. The molecular formula is C8H17NO3. The van der Waals surface area contributed by atoms with Gasteiger partial charge < -0.3 is 19.9 Å². The summed E-state index contributed by atoms with van der Waals surface area (Å²) in [6, 6.07) is 0. The summed E-state index contributed by atoms with van der Waals surface area (Å²) < 4.78 is 10.1. The SMILES string of the molecule is COCCNC1(CO)CCOC1. The average Bonchev–Trinajstić information content (AvgIpc) is 2.55. The van der Waals surface area contributed by atoms with E-state index in [4.69, 9.17) is 14.6 Å². The van der Waals surface area contributed by atoms with Crippen LogP contribution in [0.1, 0.15) is 6.42 Å². The zero-order valence-electron chi connectivity index (χ0n) is 7.51. The molecule has 1 unspecified atom stereocenters. The Morgan fingerprint density at radius 1 is 1.67 bits per heavy atom. The van der Waals surface area contributed by atoms with Crippen LogP contribution in [0.15, 0.2) is 0 Å². The lowest BCUT2D eigenvalue weighted by Crippen LogP contribution is -2.50. The van der Waals surface area contributed by atoms with Crippen molar-refractivity contribution in [1.82, 2.24) is 5.32 Å². The molecular weight excluding hydrogens is 158 g/mol. The second-order valence-electron chi connectivity index (χ2n) is 3.16. The van der Waals surface area contributed by atoms with E-state index in [1.807, 2.05) is 0 Å². The van der Waals surface area contributed by atoms with Gasteiger partial charge in [0.15, 0.2) is 0 Å². The fraction of sp³-hybridized carbons (Fsp3) is 1.00. The molecule has 1 aliphatic heterocycles. The highest BCUT2D eigenvalue weighted by Crippen LogP contribution is 2.17. The second kappa shape index (κ2) is 4.77. The number of nitrogens with one attached hydrogen (secondary N) is 1. The van der Waals surface area contributed by atoms with Crippen LogP contribution in [0.4, 0.5) is 0 Å². The third-order valence-corrected chi connectivity index (χ3v) is 2.21. The van der Waals surface area contributed by atoms with Gasteiger partial charge >= 0.3 is 0 Å². The molecule has 0 aromatic rings. The van der Waals surface area contributed by atoms with Crippen LogP contribution in [0.2, 0.25) is 0 Å². The Balaban J connectivity index is 2.24. The maximum atomic E-state index is 9.13. The van der Waals surface area contributed by atoms with Crippen molar-refractivity contribution in [2.24, 2.45) is 0 Å². The highest BCUT2D eigenvalue weighted by atomic mass is 16.5. The molecule has 2 N–H and O–H groups in total. The third kappa shape index (κ3) is 2.42. The smallest absolute Gasteiger partial charge is 0.0673 e. The molecule has 0 aliphatic carbocycles. The van der Waals surface area contributed by atoms with E-state index in [0.717, 1.165) is 19.6 Å². The Bertz CT molecular complexity index is 123. The first-order valence-corrected chi connectivity index (χ1v) is 4.25. The summed E-state index contributed by atoms with van der Waals surface area (Å²) in [5.74, 6) is 0. The van der Waals surface area contributed by atoms with Crippen molar-refractivity contribution in [3.63, 3.8) is 0 Å². The van der Waals surface area contributed by atoms with Crippen LogP contribution >= 0.6 is 0 Å². The number of ether oxygens (including phenoxy) is 2. The molecule has 0 saturated carbocycles. The van der Waals surface area contributed by atoms with E-state index in [0.29, 0.717) is 13.2 Å². The molecule has 4 heteroatoms. The molecule has 1 aliphatic rings. The molecule has 1 rings (SSSR count). The summed E-state index contributed by atoms with van der Waals surface area (Å²) in [6.07, 6.45) is 0.882. The molecule has 0 aromatic carbocycles. The molecule has 4 nitrogen and oxygen atoms in total. The third-order valence-electron chi connectivity index (χ3n) is 2.21. The average molecular weight is 175 g/mol. The van der Waals surface area contributed by atoms with Crippen LogP contribution in [0.3, 0.4) is 0 Å². The van der Waals surface area contributed by atoms with Gasteiger partial charge in [0.1, 0.15) is 0 Å². The van der Waals surface area contributed by atoms with Gasteiger partial charge in [0.25, 0.3) is 0 Å². The molecule has 72 valence electrons. The highest BCUT2D eigenvalue weighted by Gasteiger charge is 2.33. The molecule has 0 bridgehead atoms. The number of hydrogen-bond acceptors (Lipinski definition) is 4. The predicted molar refractivity (Wildman–Crippen MR) is 45.1 cm³/mol. The lowest BCUT2D eigenvalue weighted by molar-refractivity contribution is 0.111. The minimum Gasteiger partial charge on any atom is -0.394 e. The summed E-state index contributed by atoms with van der Waals surface area (Å²) in [5, 5.41) is 12.4. The largest absolute Gasteiger partial charge is 0.394 e. The van der Waals surface area contributed by atoms with Gasteiger partial charge in [0.05, 0.1) is 25.4 Å². The van der Waals surface area contributed by atoms with Gasteiger partial charge in [-0.05, 0) is 6.42 Å². The molecule has 0 aromatic heterocycles. The van der Waals surface area contributed by atoms with Gasteiger partial charge in [-0.3, -0.25) is 0 Å². The highest BCUT2D eigenvalue weighted by molar-refractivity contribution is 4.90. The summed E-state index contributed by atoms with van der Waals surface area (Å²) >= 11 is 0. The molecule has 12 heavy (non-hydrogen) atoms. The lowest BCUT2D eigenvalue weighted by Gasteiger charge is -2.26. The van der Waals surface area contributed by atoms with E-state index in [9.17, 15) is 0 Å². The Kier molecular flexibility index (Phi) is 3.94. The van der Waals surface area contributed by atoms with Gasteiger partial charge in [-0.25, -0.2) is 0 Å². The van der Waals surface area contributed by atoms with Crippen molar-refractivity contribution in [2.75, 3.05) is 40.1 Å². The molecule has 1 fully saturated rings. The van der Waals surface area contributed by atoms with Gasteiger partial charge in [-0.1, -0.05) is 0 Å². The van der Waals surface area contributed by atoms with E-state index in [2.05, 4.69) is 5.32 Å². The first-order valence-electron chi connectivity index (χ1n) is 4.25. The fourth-order valence-electron chi connectivity index (χ4n) is 1.35. The molecule has 0 amide bonds. The maximum Gasteiger partial charge on any atom is 0.0673 e. The van der Waals surface area contributed by atoms with Crippen LogP contribution in [0, 0.1) is 0 Å². The van der Waals surface area contributed by atoms with Crippen molar-refractivity contribution >= 4 is 0 Å². The normalized spacial score (nSPS) is 29.5. The van der Waals surface area contributed by atoms with E-state index >= 15 is 0 Å². The summed E-state index contributed by atoms with van der Waals surface area (Å²) in [6.45, 7) is 2.91. The number of hydrogen-bond donors (Lipinski definition) is 2. The van der Waals surface area contributed by atoms with E-state index in [-0.39, 0.29) is 12.1 Å². The van der Waals surface area contributed by atoms with Gasteiger partial charge in [0, 0.05) is 20.3 Å². The van der Waals surface area contributed by atoms with Crippen molar-refractivity contribution in [2.45, 2.75) is 12.0 Å². The monoisotopic (exact) mass is 175 g/mol. The Morgan fingerprint density at radius 2 is 2.50 bits per heavy atom. The standard InChI is InChI=1S/C8H17NO3/c1-11-5-3-9-8(6-10)2-4-12-7-8/h9-10H,2-7H2,1H3. The number of aliphatic hydroxyl groups is 1. The molecule has 0 radical (unpaired) electrons. The van der Waals surface area contributed by atoms with Gasteiger partial charge in [0.2, 0.25) is 0 Å². The molecule has 1 atom stereocenters. The zero-order valence-corrected chi connectivity index (χ0v) is 7.51. The fourth-order valence-corrected chi connectivity index (χ4v) is 1.35. The Morgan fingerprint density at radius 3 is 3.00 bits per heavy atom. The van der Waals surface area contributed by atoms with Crippen LogP contribution in [0.5, 0.6) is 0 Å². The second-order valence-corrected chi connectivity index (χ2v) is 3.16. The Hall–Kier alpha value is -0.160. The molecule has 1 saturated heterocycles. The van der Waals surface area contributed by atoms with Crippen LogP contribution in [0.25, 0.3) is 0 Å². The first-order chi connectivity index (χ1) is 5.83. The van der Waals surface area contributed by atoms with Gasteiger partial charge in [-0.2, -0.15) is 0 Å². The topological polar surface area (TPSA) is 50.7 Å². The summed E-state index contributed by atoms with van der Waals surface area (Å²) in [7, 11) is 1.67. The van der Waals surface area contributed by atoms with Gasteiger partial charge in [-0.15, -0.1) is 0 Å². The summed E-state index contributed by atoms with van der Waals surface area (Å²) in [5.41, 5.74) is -0.210. The van der Waals surface area contributed by atoms with E-state index < -0.39 is 0 Å². The molecule has 0 spiro atoms. The zero-order chi connectivity index (χ0) is 8.86. The lowest BCUT2D eigenvalue weighted by atomic mass is 10.0. The maximum absolute atomic E-state index is 9.13. The quantitative estimate of drug-likeness (QED) is 0.546. The number of rotatable bonds is 5. The van der Waals surface area contributed by atoms with Crippen molar-refractivity contribution in [3.8, 4) is 0 Å². The number of methoxy groups -OCH3 is 1. The van der Waals surface area contributed by atoms with E-state index in [1.165, 1.54) is 0 Å². The number of aliphatic hydroxyl groups excluding tert-OH is 1. The van der Waals surface area contributed by atoms with Crippen LogP contribution < -0.4 is 5.32 Å². The first kappa shape index (κ1) is 9.92. The van der Waals surface area contributed by atoms with Crippen molar-refractivity contribution in [1.29, 1.82) is 0 Å². The van der Waals surface area contributed by atoms with E-state index in [1.54, 1.807) is 7.11 Å². The van der Waals surface area contributed by atoms with Crippen LogP contribution in [-0.4, -0.2) is 50.7 Å². The van der Waals surface area contributed by atoms with Crippen molar-refractivity contribution < 1.29 is 14.6 Å². The predicted octanol–water partition coefficient (Wildman–Crippen LogP) is -0.626. The minimum atomic E-state index is -0.210. The molecule has 1 heterocycles. The van der Waals surface area contributed by atoms with Crippen LogP contribution in [-0.2, 0) is 9.47 Å². The Labute approximate surface area is 72.9 Å².